The van der Waals surface area contributed by atoms with Crippen LogP contribution < -0.4 is 9.75 Å². The third-order valence-electron chi connectivity index (χ3n) is 3.98. The number of ether oxygens (including phenoxy) is 3. The molecule has 7 nitrogen and oxygen atoms in total. The zero-order valence-electron chi connectivity index (χ0n) is 15.8. The van der Waals surface area contributed by atoms with Gasteiger partial charge in [0.25, 0.3) is 0 Å². The van der Waals surface area contributed by atoms with Crippen molar-refractivity contribution in [2.45, 2.75) is 20.5 Å². The average Bonchev–Trinajstić information content (AvgIpc) is 2.72. The highest BCUT2D eigenvalue weighted by atomic mass is 16.6. The van der Waals surface area contributed by atoms with Gasteiger partial charge in [0.1, 0.15) is 12.4 Å². The molecule has 1 aliphatic heterocycles. The highest BCUT2D eigenvalue weighted by Gasteiger charge is 2.32. The van der Waals surface area contributed by atoms with Gasteiger partial charge in [-0.05, 0) is 43.7 Å². The Morgan fingerprint density at radius 3 is 2.36 bits per heavy atom. The van der Waals surface area contributed by atoms with E-state index >= 15 is 0 Å². The number of anilines is 1. The SMILES string of the molecule is CCOC(=O)N1C=Cc2cc(OCc3ccccc3)ccc2N1C(=O)OCC. The van der Waals surface area contributed by atoms with Crippen molar-refractivity contribution in [2.75, 3.05) is 18.2 Å². The molecule has 0 saturated carbocycles. The molecule has 2 aromatic rings. The second kappa shape index (κ2) is 8.94. The molecule has 3 rings (SSSR count). The molecule has 0 aromatic heterocycles. The fraction of sp³-hybridized carbons (Fsp3) is 0.238. The first-order valence-electron chi connectivity index (χ1n) is 9.05. The number of amides is 2. The van der Waals surface area contributed by atoms with Crippen molar-refractivity contribution in [3.05, 3.63) is 65.9 Å². The van der Waals surface area contributed by atoms with Crippen molar-refractivity contribution in [1.29, 1.82) is 0 Å². The molecular formula is C21H22N2O5. The summed E-state index contributed by atoms with van der Waals surface area (Å²) in [5.74, 6) is 0.653. The quantitative estimate of drug-likeness (QED) is 0.757. The molecule has 7 heteroatoms. The Bertz CT molecular complexity index is 866. The lowest BCUT2D eigenvalue weighted by atomic mass is 10.1. The monoisotopic (exact) mass is 382 g/mol. The number of fused-ring (bicyclic) bond motifs is 1. The Hall–Kier alpha value is -3.48. The number of benzene rings is 2. The van der Waals surface area contributed by atoms with Crippen LogP contribution in [0.3, 0.4) is 0 Å². The lowest BCUT2D eigenvalue weighted by molar-refractivity contribution is 0.107. The molecule has 2 aromatic carbocycles. The summed E-state index contributed by atoms with van der Waals surface area (Å²) in [4.78, 5) is 24.7. The predicted molar refractivity (Wildman–Crippen MR) is 105 cm³/mol. The van der Waals surface area contributed by atoms with Crippen LogP contribution in [0, 0.1) is 0 Å². The fourth-order valence-electron chi connectivity index (χ4n) is 2.73. The van der Waals surface area contributed by atoms with Gasteiger partial charge in [0, 0.05) is 11.8 Å². The molecule has 0 radical (unpaired) electrons. The minimum Gasteiger partial charge on any atom is -0.489 e. The fourth-order valence-corrected chi connectivity index (χ4v) is 2.73. The molecular weight excluding hydrogens is 360 g/mol. The maximum absolute atomic E-state index is 12.5. The number of rotatable bonds is 5. The zero-order chi connectivity index (χ0) is 19.9. The van der Waals surface area contributed by atoms with Gasteiger partial charge in [-0.15, -0.1) is 0 Å². The molecule has 146 valence electrons. The lowest BCUT2D eigenvalue weighted by Gasteiger charge is -2.34. The number of carbonyl (C=O) groups is 2. The first-order chi connectivity index (χ1) is 13.6. The third kappa shape index (κ3) is 4.25. The number of hydrogen-bond acceptors (Lipinski definition) is 5. The van der Waals surface area contributed by atoms with Crippen LogP contribution in [0.4, 0.5) is 15.3 Å². The minimum absolute atomic E-state index is 0.184. The van der Waals surface area contributed by atoms with Gasteiger partial charge in [-0.2, -0.15) is 10.0 Å². The van der Waals surface area contributed by atoms with Gasteiger partial charge in [0.2, 0.25) is 0 Å². The highest BCUT2D eigenvalue weighted by molar-refractivity contribution is 5.95. The van der Waals surface area contributed by atoms with Crippen LogP contribution in [0.15, 0.2) is 54.7 Å². The Morgan fingerprint density at radius 1 is 0.929 bits per heavy atom. The second-order valence-corrected chi connectivity index (χ2v) is 5.86. The zero-order valence-corrected chi connectivity index (χ0v) is 15.8. The van der Waals surface area contributed by atoms with Crippen LogP contribution in [0.25, 0.3) is 6.08 Å². The van der Waals surface area contributed by atoms with Crippen LogP contribution in [-0.4, -0.2) is 30.4 Å². The standard InChI is InChI=1S/C21H22N2O5/c1-3-26-20(24)22-13-12-17-14-18(28-15-16-8-6-5-7-9-16)10-11-19(17)23(22)21(25)27-4-2/h5-14H,3-4,15H2,1-2H3. The van der Waals surface area contributed by atoms with Crippen LogP contribution in [0.5, 0.6) is 5.75 Å². The van der Waals surface area contributed by atoms with Crippen molar-refractivity contribution in [1.82, 2.24) is 5.01 Å². The molecule has 0 fully saturated rings. The maximum Gasteiger partial charge on any atom is 0.434 e. The number of nitrogens with zero attached hydrogens (tertiary/aromatic N) is 2. The summed E-state index contributed by atoms with van der Waals surface area (Å²) < 4.78 is 16.0. The summed E-state index contributed by atoms with van der Waals surface area (Å²) >= 11 is 0. The summed E-state index contributed by atoms with van der Waals surface area (Å²) in [5.41, 5.74) is 2.28. The number of hydrazine groups is 1. The molecule has 0 spiro atoms. The average molecular weight is 382 g/mol. The van der Waals surface area contributed by atoms with Crippen LogP contribution in [0.1, 0.15) is 25.0 Å². The second-order valence-electron chi connectivity index (χ2n) is 5.86. The molecule has 28 heavy (non-hydrogen) atoms. The van der Waals surface area contributed by atoms with Gasteiger partial charge in [0.05, 0.1) is 18.9 Å². The molecule has 0 atom stereocenters. The Morgan fingerprint density at radius 2 is 1.64 bits per heavy atom. The van der Waals surface area contributed by atoms with Crippen LogP contribution in [0.2, 0.25) is 0 Å². The Labute approximate surface area is 163 Å². The Balaban J connectivity index is 1.84. The van der Waals surface area contributed by atoms with Crippen LogP contribution >= 0.6 is 0 Å². The van der Waals surface area contributed by atoms with E-state index in [2.05, 4.69) is 0 Å². The summed E-state index contributed by atoms with van der Waals surface area (Å²) in [6.07, 6.45) is 1.86. The summed E-state index contributed by atoms with van der Waals surface area (Å²) in [6.45, 7) is 4.21. The van der Waals surface area contributed by atoms with Gasteiger partial charge in [-0.3, -0.25) is 0 Å². The van der Waals surface area contributed by atoms with E-state index in [1.165, 1.54) is 6.20 Å². The van der Waals surface area contributed by atoms with Gasteiger partial charge >= 0.3 is 12.2 Å². The highest BCUT2D eigenvalue weighted by Crippen LogP contribution is 2.32. The van der Waals surface area contributed by atoms with E-state index in [0.717, 1.165) is 21.1 Å². The van der Waals surface area contributed by atoms with Gasteiger partial charge in [0.15, 0.2) is 0 Å². The molecule has 0 saturated heterocycles. The van der Waals surface area contributed by atoms with Crippen molar-refractivity contribution in [3.8, 4) is 5.75 Å². The summed E-state index contributed by atoms with van der Waals surface area (Å²) in [5, 5.41) is 2.24. The molecule has 2 amide bonds. The molecule has 0 aliphatic carbocycles. The van der Waals surface area contributed by atoms with E-state index in [9.17, 15) is 9.59 Å². The van der Waals surface area contributed by atoms with Crippen LogP contribution in [-0.2, 0) is 16.1 Å². The van der Waals surface area contributed by atoms with E-state index < -0.39 is 12.2 Å². The molecule has 0 N–H and O–H groups in total. The first kappa shape index (κ1) is 19.3. The minimum atomic E-state index is -0.667. The smallest absolute Gasteiger partial charge is 0.434 e. The Kier molecular flexibility index (Phi) is 6.16. The van der Waals surface area contributed by atoms with E-state index in [1.807, 2.05) is 36.4 Å². The molecule has 0 unspecified atom stereocenters. The topological polar surface area (TPSA) is 68.3 Å². The summed E-state index contributed by atoms with van der Waals surface area (Å²) in [6, 6.07) is 15.1. The van der Waals surface area contributed by atoms with Crippen molar-refractivity contribution >= 4 is 23.9 Å². The first-order valence-corrected chi connectivity index (χ1v) is 9.05. The lowest BCUT2D eigenvalue weighted by Crippen LogP contribution is -2.49. The van der Waals surface area contributed by atoms with E-state index in [1.54, 1.807) is 32.1 Å². The van der Waals surface area contributed by atoms with Gasteiger partial charge in [-0.25, -0.2) is 9.59 Å². The van der Waals surface area contributed by atoms with Crippen molar-refractivity contribution < 1.29 is 23.8 Å². The number of carbonyl (C=O) groups excluding carboxylic acids is 2. The molecule has 1 heterocycles. The largest absolute Gasteiger partial charge is 0.489 e. The predicted octanol–water partition coefficient (Wildman–Crippen LogP) is 4.59. The van der Waals surface area contributed by atoms with E-state index in [4.69, 9.17) is 14.2 Å². The van der Waals surface area contributed by atoms with Gasteiger partial charge in [-0.1, -0.05) is 30.3 Å². The van der Waals surface area contributed by atoms with Gasteiger partial charge < -0.3 is 14.2 Å². The number of hydrogen-bond donors (Lipinski definition) is 0. The molecule has 0 bridgehead atoms. The summed E-state index contributed by atoms with van der Waals surface area (Å²) in [7, 11) is 0. The third-order valence-corrected chi connectivity index (χ3v) is 3.98. The van der Waals surface area contributed by atoms with Crippen molar-refractivity contribution in [3.63, 3.8) is 0 Å². The maximum atomic E-state index is 12.5. The van der Waals surface area contributed by atoms with E-state index in [-0.39, 0.29) is 13.2 Å². The normalized spacial score (nSPS) is 12.4. The molecule has 1 aliphatic rings. The van der Waals surface area contributed by atoms with E-state index in [0.29, 0.717) is 18.0 Å². The van der Waals surface area contributed by atoms with Crippen molar-refractivity contribution in [2.24, 2.45) is 0 Å².